The van der Waals surface area contributed by atoms with Crippen LogP contribution in [-0.2, 0) is 39.4 Å². The summed E-state index contributed by atoms with van der Waals surface area (Å²) < 4.78 is 21.1. The molecule has 2 aromatic rings. The molecule has 2 rings (SSSR count). The third-order valence-electron chi connectivity index (χ3n) is 6.40. The van der Waals surface area contributed by atoms with Crippen molar-refractivity contribution in [3.8, 4) is 11.5 Å². The van der Waals surface area contributed by atoms with E-state index in [-0.39, 0.29) is 48.8 Å². The molecule has 0 bridgehead atoms. The molecule has 0 atom stereocenters. The standard InChI is InChI=1S/C34H46O8/c1-23-19-25(21-27(31(23)37)33(3,4)5)9-11-29(35)41-17-15-39-13-14-40-16-18-42-30(36)12-10-26-20-24(2)32(38)28(22-26)34(6,7)8/h9-12,19-22,37-38H,13-18H2,1-8H3. The van der Waals surface area contributed by atoms with E-state index >= 15 is 0 Å². The molecule has 2 N–H and O–H groups in total. The van der Waals surface area contributed by atoms with Crippen molar-refractivity contribution in [3.05, 3.63) is 69.8 Å². The van der Waals surface area contributed by atoms with Crippen LogP contribution in [0.3, 0.4) is 0 Å². The number of aryl methyl sites for hydroxylation is 2. The summed E-state index contributed by atoms with van der Waals surface area (Å²) in [5, 5.41) is 20.7. The molecule has 0 spiro atoms. The molecular formula is C34H46O8. The predicted octanol–water partition coefficient (Wildman–Crippen LogP) is 6.16. The molecule has 230 valence electrons. The Hall–Kier alpha value is -3.62. The average molecular weight is 583 g/mol. The lowest BCUT2D eigenvalue weighted by Gasteiger charge is -2.22. The molecule has 0 aliphatic carbocycles. The first-order chi connectivity index (χ1) is 19.6. The normalized spacial score (nSPS) is 12.3. The first kappa shape index (κ1) is 34.6. The smallest absolute Gasteiger partial charge is 0.330 e. The highest BCUT2D eigenvalue weighted by molar-refractivity contribution is 5.87. The maximum Gasteiger partial charge on any atom is 0.330 e. The molecule has 0 aliphatic rings. The van der Waals surface area contributed by atoms with Crippen LogP contribution in [0.15, 0.2) is 36.4 Å². The van der Waals surface area contributed by atoms with Gasteiger partial charge >= 0.3 is 11.9 Å². The van der Waals surface area contributed by atoms with E-state index in [1.54, 1.807) is 12.2 Å². The van der Waals surface area contributed by atoms with Crippen LogP contribution < -0.4 is 0 Å². The van der Waals surface area contributed by atoms with Crippen molar-refractivity contribution < 1.29 is 38.7 Å². The second kappa shape index (κ2) is 15.6. The Morgan fingerprint density at radius 3 is 1.29 bits per heavy atom. The lowest BCUT2D eigenvalue weighted by Crippen LogP contribution is -2.14. The van der Waals surface area contributed by atoms with Crippen LogP contribution in [0.1, 0.15) is 74.9 Å². The Morgan fingerprint density at radius 2 is 0.952 bits per heavy atom. The molecule has 2 aromatic carbocycles. The van der Waals surface area contributed by atoms with Crippen LogP contribution in [-0.4, -0.2) is 61.8 Å². The zero-order valence-electron chi connectivity index (χ0n) is 26.2. The van der Waals surface area contributed by atoms with Gasteiger partial charge < -0.3 is 29.2 Å². The van der Waals surface area contributed by atoms with E-state index in [2.05, 4.69) is 0 Å². The fourth-order valence-electron chi connectivity index (χ4n) is 4.10. The Kier molecular flexibility index (Phi) is 12.8. The third-order valence-corrected chi connectivity index (χ3v) is 6.40. The molecule has 0 amide bonds. The molecule has 0 fully saturated rings. The van der Waals surface area contributed by atoms with Gasteiger partial charge in [-0.05, 0) is 83.3 Å². The van der Waals surface area contributed by atoms with Crippen molar-refractivity contribution in [1.29, 1.82) is 0 Å². The number of ether oxygens (including phenoxy) is 4. The molecule has 0 aliphatic heterocycles. The van der Waals surface area contributed by atoms with Crippen LogP contribution in [0.2, 0.25) is 0 Å². The Bertz CT molecular complexity index is 1180. The molecule has 0 unspecified atom stereocenters. The van der Waals surface area contributed by atoms with Crippen molar-refractivity contribution >= 4 is 24.1 Å². The summed E-state index contributed by atoms with van der Waals surface area (Å²) in [6.07, 6.45) is 6.04. The number of phenols is 2. The molecule has 0 radical (unpaired) electrons. The van der Waals surface area contributed by atoms with E-state index in [4.69, 9.17) is 18.9 Å². The molecule has 8 nitrogen and oxygen atoms in total. The Labute approximate surface area is 250 Å². The number of phenolic OH excluding ortho intramolecular Hbond substituents is 2. The number of hydrogen-bond acceptors (Lipinski definition) is 8. The van der Waals surface area contributed by atoms with Crippen LogP contribution in [0, 0.1) is 13.8 Å². The van der Waals surface area contributed by atoms with Crippen molar-refractivity contribution in [2.24, 2.45) is 0 Å². The number of hydrogen-bond donors (Lipinski definition) is 2. The van der Waals surface area contributed by atoms with Gasteiger partial charge in [0.15, 0.2) is 0 Å². The van der Waals surface area contributed by atoms with Crippen LogP contribution in [0.4, 0.5) is 0 Å². The highest BCUT2D eigenvalue weighted by Gasteiger charge is 2.21. The maximum atomic E-state index is 12.0. The van der Waals surface area contributed by atoms with Gasteiger partial charge in [0, 0.05) is 23.3 Å². The van der Waals surface area contributed by atoms with E-state index in [0.29, 0.717) is 13.2 Å². The summed E-state index contributed by atoms with van der Waals surface area (Å²) in [6.45, 7) is 17.0. The summed E-state index contributed by atoms with van der Waals surface area (Å²) in [5.74, 6) is -0.422. The molecule has 0 saturated heterocycles. The van der Waals surface area contributed by atoms with Gasteiger partial charge in [-0.25, -0.2) is 9.59 Å². The fourth-order valence-corrected chi connectivity index (χ4v) is 4.10. The van der Waals surface area contributed by atoms with Gasteiger partial charge in [0.2, 0.25) is 0 Å². The van der Waals surface area contributed by atoms with E-state index < -0.39 is 11.9 Å². The van der Waals surface area contributed by atoms with Gasteiger partial charge in [0.1, 0.15) is 24.7 Å². The minimum Gasteiger partial charge on any atom is -0.507 e. The summed E-state index contributed by atoms with van der Waals surface area (Å²) in [7, 11) is 0. The Morgan fingerprint density at radius 1 is 0.619 bits per heavy atom. The fraction of sp³-hybridized carbons (Fsp3) is 0.471. The summed E-state index contributed by atoms with van der Waals surface area (Å²) >= 11 is 0. The average Bonchev–Trinajstić information content (AvgIpc) is 2.89. The second-order valence-corrected chi connectivity index (χ2v) is 12.2. The van der Waals surface area contributed by atoms with Crippen LogP contribution >= 0.6 is 0 Å². The molecule has 0 aromatic heterocycles. The van der Waals surface area contributed by atoms with Gasteiger partial charge in [-0.2, -0.15) is 0 Å². The van der Waals surface area contributed by atoms with E-state index in [1.807, 2.05) is 79.7 Å². The minimum atomic E-state index is -0.482. The predicted molar refractivity (Wildman–Crippen MR) is 165 cm³/mol. The maximum absolute atomic E-state index is 12.0. The largest absolute Gasteiger partial charge is 0.507 e. The number of aromatic hydroxyl groups is 2. The molecular weight excluding hydrogens is 536 g/mol. The zero-order valence-corrected chi connectivity index (χ0v) is 26.2. The lowest BCUT2D eigenvalue weighted by molar-refractivity contribution is -0.141. The van der Waals surface area contributed by atoms with Crippen LogP contribution in [0.5, 0.6) is 11.5 Å². The minimum absolute atomic E-state index is 0.104. The number of benzene rings is 2. The summed E-state index contributed by atoms with van der Waals surface area (Å²) in [4.78, 5) is 24.1. The van der Waals surface area contributed by atoms with Crippen molar-refractivity contribution in [1.82, 2.24) is 0 Å². The third kappa shape index (κ3) is 11.3. The molecule has 0 saturated carbocycles. The van der Waals surface area contributed by atoms with Gasteiger partial charge in [-0.1, -0.05) is 41.5 Å². The topological polar surface area (TPSA) is 112 Å². The molecule has 0 heterocycles. The van der Waals surface area contributed by atoms with E-state index in [1.165, 1.54) is 12.2 Å². The summed E-state index contributed by atoms with van der Waals surface area (Å²) in [6, 6.07) is 7.37. The van der Waals surface area contributed by atoms with Crippen molar-refractivity contribution in [3.63, 3.8) is 0 Å². The molecule has 42 heavy (non-hydrogen) atoms. The SMILES string of the molecule is Cc1cc(C=CC(=O)OCCOCCOCCOC(=O)C=Cc2cc(C)c(O)c(C(C)(C)C)c2)cc(C(C)(C)C)c1O. The number of carbonyl (C=O) groups is 2. The van der Waals surface area contributed by atoms with Gasteiger partial charge in [-0.3, -0.25) is 0 Å². The number of esters is 2. The van der Waals surface area contributed by atoms with Gasteiger partial charge in [-0.15, -0.1) is 0 Å². The van der Waals surface area contributed by atoms with Gasteiger partial charge in [0.05, 0.1) is 26.4 Å². The van der Waals surface area contributed by atoms with Crippen molar-refractivity contribution in [2.45, 2.75) is 66.2 Å². The zero-order chi connectivity index (χ0) is 31.5. The summed E-state index contributed by atoms with van der Waals surface area (Å²) in [5.41, 5.74) is 4.29. The second-order valence-electron chi connectivity index (χ2n) is 12.2. The highest BCUT2D eigenvalue weighted by Crippen LogP contribution is 2.35. The monoisotopic (exact) mass is 582 g/mol. The number of rotatable bonds is 13. The Balaban J connectivity index is 1.60. The van der Waals surface area contributed by atoms with Crippen molar-refractivity contribution in [2.75, 3.05) is 39.6 Å². The quantitative estimate of drug-likeness (QED) is 0.164. The lowest BCUT2D eigenvalue weighted by atomic mass is 9.84. The first-order valence-electron chi connectivity index (χ1n) is 14.1. The highest BCUT2D eigenvalue weighted by atomic mass is 16.6. The first-order valence-corrected chi connectivity index (χ1v) is 14.1. The van der Waals surface area contributed by atoms with E-state index in [9.17, 15) is 19.8 Å². The van der Waals surface area contributed by atoms with Gasteiger partial charge in [0.25, 0.3) is 0 Å². The number of carbonyl (C=O) groups excluding carboxylic acids is 2. The van der Waals surface area contributed by atoms with Crippen LogP contribution in [0.25, 0.3) is 12.2 Å². The van der Waals surface area contributed by atoms with E-state index in [0.717, 1.165) is 33.4 Å². The molecule has 8 heteroatoms.